The molecule has 0 spiro atoms. The van der Waals surface area contributed by atoms with Gasteiger partial charge in [0.05, 0.1) is 18.4 Å². The van der Waals surface area contributed by atoms with E-state index in [0.717, 1.165) is 53.7 Å². The highest BCUT2D eigenvalue weighted by molar-refractivity contribution is 5.88. The molecule has 0 unspecified atom stereocenters. The summed E-state index contributed by atoms with van der Waals surface area (Å²) in [4.78, 5) is 39.4. The zero-order chi connectivity index (χ0) is 33.3. The van der Waals surface area contributed by atoms with Crippen molar-refractivity contribution in [3.8, 4) is 11.3 Å². The van der Waals surface area contributed by atoms with Crippen molar-refractivity contribution in [1.82, 2.24) is 24.5 Å². The summed E-state index contributed by atoms with van der Waals surface area (Å²) in [6, 6.07) is 15.9. The van der Waals surface area contributed by atoms with Crippen LogP contribution in [-0.4, -0.2) is 67.0 Å². The molecule has 3 aromatic heterocycles. The van der Waals surface area contributed by atoms with Gasteiger partial charge in [-0.3, -0.25) is 9.88 Å². The number of hydrogen-bond donors (Lipinski definition) is 1. The predicted molar refractivity (Wildman–Crippen MR) is 182 cm³/mol. The minimum atomic E-state index is -0.698. The summed E-state index contributed by atoms with van der Waals surface area (Å²) >= 11 is 0. The van der Waals surface area contributed by atoms with E-state index < -0.39 is 17.3 Å². The number of aromatic nitrogens is 4. The van der Waals surface area contributed by atoms with Crippen molar-refractivity contribution in [2.24, 2.45) is 0 Å². The Hall–Kier alpha value is -4.67. The lowest BCUT2D eigenvalue weighted by Gasteiger charge is -2.34. The molecule has 1 saturated heterocycles. The van der Waals surface area contributed by atoms with E-state index in [2.05, 4.69) is 10.3 Å². The molecule has 1 N–H and O–H groups in total. The molecule has 2 amide bonds. The summed E-state index contributed by atoms with van der Waals surface area (Å²) in [5.41, 5.74) is 3.39. The third-order valence-electron chi connectivity index (χ3n) is 8.14. The molecule has 0 atom stereocenters. The van der Waals surface area contributed by atoms with Crippen molar-refractivity contribution >= 4 is 29.5 Å². The Balaban J connectivity index is 1.30. The first-order chi connectivity index (χ1) is 22.3. The van der Waals surface area contributed by atoms with E-state index >= 15 is 0 Å². The summed E-state index contributed by atoms with van der Waals surface area (Å²) in [6.45, 7) is 12.7. The number of piperidine rings is 1. The van der Waals surface area contributed by atoms with Crippen molar-refractivity contribution in [2.45, 2.75) is 96.9 Å². The Labute approximate surface area is 276 Å². The summed E-state index contributed by atoms with van der Waals surface area (Å²) < 4.78 is 13.3. The van der Waals surface area contributed by atoms with Crippen LogP contribution in [0.15, 0.2) is 60.9 Å². The smallest absolute Gasteiger partial charge is 0.416 e. The van der Waals surface area contributed by atoms with Crippen LogP contribution in [0.25, 0.3) is 16.9 Å². The lowest BCUT2D eigenvalue weighted by atomic mass is 10.1. The number of carbonyl (C=O) groups is 2. The van der Waals surface area contributed by atoms with Gasteiger partial charge < -0.3 is 19.7 Å². The predicted octanol–water partition coefficient (Wildman–Crippen LogP) is 7.42. The van der Waals surface area contributed by atoms with E-state index in [1.165, 1.54) is 0 Å². The van der Waals surface area contributed by atoms with Crippen LogP contribution in [0.1, 0.15) is 84.3 Å². The number of pyridine rings is 1. The van der Waals surface area contributed by atoms with Crippen LogP contribution in [0.4, 0.5) is 21.2 Å². The molecule has 1 aromatic carbocycles. The number of benzene rings is 1. The fourth-order valence-electron chi connectivity index (χ4n) is 5.71. The number of amides is 2. The maximum absolute atomic E-state index is 13.9. The summed E-state index contributed by atoms with van der Waals surface area (Å²) in [5.74, 6) is 1.64. The number of hydrogen-bond acceptors (Lipinski definition) is 8. The first-order valence-corrected chi connectivity index (χ1v) is 16.5. The van der Waals surface area contributed by atoms with E-state index in [1.54, 1.807) is 20.5 Å². The number of likely N-dealkylation sites (tertiary alicyclic amines) is 1. The molecule has 4 heterocycles. The van der Waals surface area contributed by atoms with Gasteiger partial charge in [-0.2, -0.15) is 9.61 Å². The first-order valence-electron chi connectivity index (χ1n) is 16.5. The Morgan fingerprint density at radius 3 is 2.26 bits per heavy atom. The quantitative estimate of drug-likeness (QED) is 0.222. The number of ether oxygens (including phenoxy) is 2. The molecule has 11 nitrogen and oxygen atoms in total. The normalized spacial score (nSPS) is 15.8. The Morgan fingerprint density at radius 2 is 1.64 bits per heavy atom. The second-order valence-corrected chi connectivity index (χ2v) is 14.5. The highest BCUT2D eigenvalue weighted by Gasteiger charge is 2.32. The fourth-order valence-corrected chi connectivity index (χ4v) is 5.71. The minimum Gasteiger partial charge on any atom is -0.444 e. The number of nitrogens with zero attached hydrogens (tertiary/aromatic N) is 6. The van der Waals surface area contributed by atoms with Crippen LogP contribution < -0.4 is 10.2 Å². The van der Waals surface area contributed by atoms with Crippen molar-refractivity contribution in [2.75, 3.05) is 23.3 Å². The summed E-state index contributed by atoms with van der Waals surface area (Å²) in [7, 11) is 0. The van der Waals surface area contributed by atoms with Gasteiger partial charge in [-0.15, -0.1) is 0 Å². The maximum Gasteiger partial charge on any atom is 0.416 e. The van der Waals surface area contributed by atoms with Crippen LogP contribution >= 0.6 is 0 Å². The number of carbonyl (C=O) groups excluding carboxylic acids is 2. The molecule has 4 aromatic rings. The molecule has 0 radical (unpaired) electrons. The molecule has 1 saturated carbocycles. The largest absolute Gasteiger partial charge is 0.444 e. The highest BCUT2D eigenvalue weighted by Crippen LogP contribution is 2.42. The average molecular weight is 640 g/mol. The number of fused-ring (bicyclic) bond motifs is 1. The third-order valence-corrected chi connectivity index (χ3v) is 8.14. The van der Waals surface area contributed by atoms with Gasteiger partial charge in [0.1, 0.15) is 22.8 Å². The Kier molecular flexibility index (Phi) is 8.82. The van der Waals surface area contributed by atoms with Crippen LogP contribution in [0, 0.1) is 0 Å². The Bertz CT molecular complexity index is 1710. The minimum absolute atomic E-state index is 0.0953. The van der Waals surface area contributed by atoms with Crippen molar-refractivity contribution < 1.29 is 19.1 Å². The molecule has 6 rings (SSSR count). The van der Waals surface area contributed by atoms with E-state index in [-0.39, 0.29) is 18.7 Å². The van der Waals surface area contributed by atoms with Crippen LogP contribution in [0.2, 0.25) is 0 Å². The van der Waals surface area contributed by atoms with E-state index in [0.29, 0.717) is 30.6 Å². The average Bonchev–Trinajstić information content (AvgIpc) is 3.77. The van der Waals surface area contributed by atoms with Crippen LogP contribution in [0.3, 0.4) is 0 Å². The molecule has 1 aliphatic heterocycles. The van der Waals surface area contributed by atoms with Gasteiger partial charge >= 0.3 is 12.2 Å². The van der Waals surface area contributed by atoms with Crippen LogP contribution in [-0.2, 0) is 16.0 Å². The molecule has 11 heteroatoms. The van der Waals surface area contributed by atoms with Gasteiger partial charge in [-0.1, -0.05) is 30.3 Å². The highest BCUT2D eigenvalue weighted by atomic mass is 16.6. The second kappa shape index (κ2) is 12.8. The van der Waals surface area contributed by atoms with Gasteiger partial charge in [-0.05, 0) is 90.8 Å². The number of anilines is 2. The van der Waals surface area contributed by atoms with Gasteiger partial charge in [-0.25, -0.2) is 14.6 Å². The van der Waals surface area contributed by atoms with E-state index in [1.807, 2.05) is 96.3 Å². The van der Waals surface area contributed by atoms with Gasteiger partial charge in [0.25, 0.3) is 0 Å². The summed E-state index contributed by atoms with van der Waals surface area (Å²) in [6.07, 6.45) is 6.57. The van der Waals surface area contributed by atoms with E-state index in [4.69, 9.17) is 19.6 Å². The van der Waals surface area contributed by atoms with Crippen molar-refractivity contribution in [3.63, 3.8) is 0 Å². The number of rotatable bonds is 7. The lowest BCUT2D eigenvalue weighted by Crippen LogP contribution is -2.44. The van der Waals surface area contributed by atoms with Crippen molar-refractivity contribution in [3.05, 3.63) is 72.1 Å². The molecular weight excluding hydrogens is 594 g/mol. The molecule has 2 fully saturated rings. The zero-order valence-corrected chi connectivity index (χ0v) is 28.2. The topological polar surface area (TPSA) is 114 Å². The standard InChI is InChI=1S/C36H45N7O4/c1-35(2,3)46-33(44)41-19-16-27(17-20-41)39-30-21-31(43-32(40-30)28(22-38-43)25-14-15-25)42(34(45)47-36(4,5)6)23-24-10-12-26(13-11-24)29-9-7-8-18-37-29/h7-13,18,21-22,25,27H,14-17,19-20,23H2,1-6H3,(H,39,40). The SMILES string of the molecule is CC(C)(C)OC(=O)N1CCC(Nc2cc(N(Cc3ccc(-c4ccccn4)cc3)C(=O)OC(C)(C)C)n3ncc(C4CC4)c3n2)CC1. The monoisotopic (exact) mass is 639 g/mol. The van der Waals surface area contributed by atoms with E-state index in [9.17, 15) is 9.59 Å². The fraction of sp³-hybridized carbons (Fsp3) is 0.472. The molecule has 0 bridgehead atoms. The second-order valence-electron chi connectivity index (χ2n) is 14.5. The molecule has 248 valence electrons. The molecule has 47 heavy (non-hydrogen) atoms. The molecule has 1 aliphatic carbocycles. The Morgan fingerprint density at radius 1 is 0.936 bits per heavy atom. The lowest BCUT2D eigenvalue weighted by molar-refractivity contribution is 0.0210. The molecular formula is C36H45N7O4. The van der Waals surface area contributed by atoms with Crippen molar-refractivity contribution in [1.29, 1.82) is 0 Å². The summed E-state index contributed by atoms with van der Waals surface area (Å²) in [5, 5.41) is 8.34. The van der Waals surface area contributed by atoms with Gasteiger partial charge in [0.2, 0.25) is 0 Å². The molecule has 2 aliphatic rings. The van der Waals surface area contributed by atoms with Gasteiger partial charge in [0.15, 0.2) is 5.65 Å². The first kappa shape index (κ1) is 32.3. The van der Waals surface area contributed by atoms with Gasteiger partial charge in [0, 0.05) is 42.5 Å². The third kappa shape index (κ3) is 8.01. The maximum atomic E-state index is 13.9. The van der Waals surface area contributed by atoms with Crippen LogP contribution in [0.5, 0.6) is 0 Å². The number of nitrogens with one attached hydrogen (secondary N) is 1. The zero-order valence-electron chi connectivity index (χ0n) is 28.2.